The third-order valence-electron chi connectivity index (χ3n) is 3.00. The van der Waals surface area contributed by atoms with Crippen molar-refractivity contribution in [1.82, 2.24) is 15.8 Å². The molecule has 0 fully saturated rings. The molecule has 128 valence electrons. The lowest BCUT2D eigenvalue weighted by molar-refractivity contribution is -0.132. The van der Waals surface area contributed by atoms with Crippen LogP contribution in [0.15, 0.2) is 9.52 Å². The smallest absolute Gasteiger partial charge is 0.361 e. The maximum atomic E-state index is 12.0. The van der Waals surface area contributed by atoms with E-state index in [-0.39, 0.29) is 30.5 Å². The van der Waals surface area contributed by atoms with Crippen LogP contribution >= 0.6 is 24.0 Å². The van der Waals surface area contributed by atoms with Gasteiger partial charge in [0.25, 0.3) is 0 Å². The van der Waals surface area contributed by atoms with Crippen LogP contribution in [0.1, 0.15) is 29.9 Å². The standard InChI is InChI=1S/C13H21F3N4O.HI/c1-9-11(10(2)21-20-9)5-4-7-18-12(17-3)19-8-6-13(14,15)16;/h4-8H2,1-3H3,(H2,17,18,19);1H. The van der Waals surface area contributed by atoms with Crippen molar-refractivity contribution in [3.8, 4) is 0 Å². The molecule has 0 saturated carbocycles. The van der Waals surface area contributed by atoms with Gasteiger partial charge in [0.2, 0.25) is 0 Å². The summed E-state index contributed by atoms with van der Waals surface area (Å²) >= 11 is 0. The van der Waals surface area contributed by atoms with Crippen LogP contribution in [0.3, 0.4) is 0 Å². The number of nitrogens with zero attached hydrogens (tertiary/aromatic N) is 2. The first kappa shape index (κ1) is 21.0. The SMILES string of the molecule is CN=C(NCCCc1c(C)noc1C)NCCC(F)(F)F.I. The molecule has 0 saturated heterocycles. The number of hydrogen-bond acceptors (Lipinski definition) is 3. The first-order chi connectivity index (χ1) is 9.83. The minimum atomic E-state index is -4.16. The van der Waals surface area contributed by atoms with Gasteiger partial charge in [0.05, 0.1) is 12.1 Å². The maximum absolute atomic E-state index is 12.0. The average Bonchev–Trinajstić information content (AvgIpc) is 2.71. The summed E-state index contributed by atoms with van der Waals surface area (Å²) in [5, 5.41) is 9.48. The number of guanidine groups is 1. The Morgan fingerprint density at radius 3 is 2.36 bits per heavy atom. The van der Waals surface area contributed by atoms with Crippen LogP contribution in [0.25, 0.3) is 0 Å². The van der Waals surface area contributed by atoms with Gasteiger partial charge >= 0.3 is 6.18 Å². The van der Waals surface area contributed by atoms with E-state index in [9.17, 15) is 13.2 Å². The summed E-state index contributed by atoms with van der Waals surface area (Å²) in [6, 6.07) is 0. The molecule has 22 heavy (non-hydrogen) atoms. The van der Waals surface area contributed by atoms with Crippen molar-refractivity contribution in [2.45, 2.75) is 39.3 Å². The number of aromatic nitrogens is 1. The summed E-state index contributed by atoms with van der Waals surface area (Å²) in [6.07, 6.45) is -3.43. The fourth-order valence-electron chi connectivity index (χ4n) is 1.87. The molecule has 2 N–H and O–H groups in total. The molecule has 0 spiro atoms. The van der Waals surface area contributed by atoms with Gasteiger partial charge in [-0.2, -0.15) is 13.2 Å². The Kier molecular flexibility index (Phi) is 9.45. The van der Waals surface area contributed by atoms with Gasteiger partial charge in [0.1, 0.15) is 5.76 Å². The molecule has 0 aliphatic heterocycles. The predicted octanol–water partition coefficient (Wildman–Crippen LogP) is 2.96. The number of nitrogens with one attached hydrogen (secondary N) is 2. The lowest BCUT2D eigenvalue weighted by atomic mass is 10.1. The van der Waals surface area contributed by atoms with Gasteiger partial charge in [0, 0.05) is 25.7 Å². The number of halogens is 4. The zero-order valence-corrected chi connectivity index (χ0v) is 15.2. The molecular weight excluding hydrogens is 412 g/mol. The molecule has 5 nitrogen and oxygen atoms in total. The highest BCUT2D eigenvalue weighted by molar-refractivity contribution is 14.0. The monoisotopic (exact) mass is 434 g/mol. The number of rotatable bonds is 6. The normalized spacial score (nSPS) is 12.0. The van der Waals surface area contributed by atoms with Crippen LogP contribution in [0, 0.1) is 13.8 Å². The Morgan fingerprint density at radius 2 is 1.86 bits per heavy atom. The van der Waals surface area contributed by atoms with E-state index in [1.165, 1.54) is 7.05 Å². The molecule has 9 heteroatoms. The molecular formula is C13H22F3IN4O. The molecule has 1 rings (SSSR count). The molecule has 0 aliphatic carbocycles. The molecule has 0 unspecified atom stereocenters. The molecule has 1 heterocycles. The van der Waals surface area contributed by atoms with Crippen molar-refractivity contribution < 1.29 is 17.7 Å². The van der Waals surface area contributed by atoms with Crippen LogP contribution in [0.4, 0.5) is 13.2 Å². The van der Waals surface area contributed by atoms with E-state index in [4.69, 9.17) is 4.52 Å². The largest absolute Gasteiger partial charge is 0.390 e. The summed E-state index contributed by atoms with van der Waals surface area (Å²) in [7, 11) is 1.53. The quantitative estimate of drug-likeness (QED) is 0.313. The van der Waals surface area contributed by atoms with E-state index in [1.807, 2.05) is 13.8 Å². The summed E-state index contributed by atoms with van der Waals surface area (Å²) in [5.41, 5.74) is 1.96. The number of hydrogen-bond donors (Lipinski definition) is 2. The van der Waals surface area contributed by atoms with E-state index in [1.54, 1.807) is 0 Å². The number of alkyl halides is 3. The molecule has 1 aromatic heterocycles. The zero-order valence-electron chi connectivity index (χ0n) is 12.9. The van der Waals surface area contributed by atoms with Gasteiger partial charge in [-0.3, -0.25) is 4.99 Å². The second-order valence-corrected chi connectivity index (χ2v) is 4.70. The molecule has 1 aromatic rings. The average molecular weight is 434 g/mol. The van der Waals surface area contributed by atoms with Crippen LogP contribution < -0.4 is 10.6 Å². The maximum Gasteiger partial charge on any atom is 0.390 e. The Morgan fingerprint density at radius 1 is 1.23 bits per heavy atom. The summed E-state index contributed by atoms with van der Waals surface area (Å²) in [5.74, 6) is 1.18. The molecule has 0 amide bonds. The topological polar surface area (TPSA) is 62.5 Å². The highest BCUT2D eigenvalue weighted by Gasteiger charge is 2.26. The molecule has 0 atom stereocenters. The van der Waals surface area contributed by atoms with E-state index < -0.39 is 12.6 Å². The fraction of sp³-hybridized carbons (Fsp3) is 0.692. The second kappa shape index (κ2) is 9.90. The highest BCUT2D eigenvalue weighted by Crippen LogP contribution is 2.18. The van der Waals surface area contributed by atoms with Crippen molar-refractivity contribution in [3.05, 3.63) is 17.0 Å². The molecule has 0 aromatic carbocycles. The lowest BCUT2D eigenvalue weighted by Gasteiger charge is -2.12. The Hall–Kier alpha value is -1.00. The first-order valence-corrected chi connectivity index (χ1v) is 6.76. The third-order valence-corrected chi connectivity index (χ3v) is 3.00. The van der Waals surface area contributed by atoms with Gasteiger partial charge in [-0.25, -0.2) is 0 Å². The molecule has 0 radical (unpaired) electrons. The van der Waals surface area contributed by atoms with Gasteiger partial charge < -0.3 is 15.2 Å². The van der Waals surface area contributed by atoms with Crippen molar-refractivity contribution in [2.24, 2.45) is 4.99 Å². The van der Waals surface area contributed by atoms with Crippen molar-refractivity contribution >= 4 is 29.9 Å². The Labute approximate surface area is 145 Å². The molecule has 0 aliphatic rings. The van der Waals surface area contributed by atoms with Crippen molar-refractivity contribution in [1.29, 1.82) is 0 Å². The zero-order chi connectivity index (χ0) is 15.9. The summed E-state index contributed by atoms with van der Waals surface area (Å²) < 4.78 is 41.2. The number of aliphatic imine (C=N–C) groups is 1. The van der Waals surface area contributed by atoms with Crippen molar-refractivity contribution in [3.63, 3.8) is 0 Å². The van der Waals surface area contributed by atoms with Crippen molar-refractivity contribution in [2.75, 3.05) is 20.1 Å². The van der Waals surface area contributed by atoms with Crippen LogP contribution in [-0.2, 0) is 6.42 Å². The molecule has 0 bridgehead atoms. The minimum absolute atomic E-state index is 0. The van der Waals surface area contributed by atoms with E-state index in [0.717, 1.165) is 29.9 Å². The summed E-state index contributed by atoms with van der Waals surface area (Å²) in [6.45, 7) is 4.17. The second-order valence-electron chi connectivity index (χ2n) is 4.70. The van der Waals surface area contributed by atoms with Crippen LogP contribution in [0.5, 0.6) is 0 Å². The van der Waals surface area contributed by atoms with Gasteiger partial charge in [0.15, 0.2) is 5.96 Å². The lowest BCUT2D eigenvalue weighted by Crippen LogP contribution is -2.39. The third kappa shape index (κ3) is 7.85. The van der Waals surface area contributed by atoms with E-state index in [0.29, 0.717) is 12.5 Å². The Balaban J connectivity index is 0.00000441. The van der Waals surface area contributed by atoms with Crippen LogP contribution in [0.2, 0.25) is 0 Å². The Bertz CT molecular complexity index is 455. The van der Waals surface area contributed by atoms with E-state index in [2.05, 4.69) is 20.8 Å². The van der Waals surface area contributed by atoms with Gasteiger partial charge in [-0.05, 0) is 26.7 Å². The summed E-state index contributed by atoms with van der Waals surface area (Å²) in [4.78, 5) is 3.87. The van der Waals surface area contributed by atoms with Crippen LogP contribution in [-0.4, -0.2) is 37.4 Å². The first-order valence-electron chi connectivity index (χ1n) is 6.76. The fourth-order valence-corrected chi connectivity index (χ4v) is 1.87. The van der Waals surface area contributed by atoms with E-state index >= 15 is 0 Å². The predicted molar refractivity (Wildman–Crippen MR) is 89.7 cm³/mol. The van der Waals surface area contributed by atoms with Gasteiger partial charge in [-0.15, -0.1) is 24.0 Å². The highest BCUT2D eigenvalue weighted by atomic mass is 127. The number of aryl methyl sites for hydroxylation is 2. The minimum Gasteiger partial charge on any atom is -0.361 e. The van der Waals surface area contributed by atoms with Gasteiger partial charge in [-0.1, -0.05) is 5.16 Å².